The first-order chi connectivity index (χ1) is 15.5. The van der Waals surface area contributed by atoms with Crippen LogP contribution in [0.5, 0.6) is 0 Å². The summed E-state index contributed by atoms with van der Waals surface area (Å²) in [7, 11) is 3.63. The molecule has 0 aliphatic carbocycles. The van der Waals surface area contributed by atoms with Crippen LogP contribution in [0.4, 0.5) is 4.39 Å². The van der Waals surface area contributed by atoms with E-state index >= 15 is 0 Å². The minimum atomic E-state index is -0.567. The zero-order chi connectivity index (χ0) is 26.0. The quantitative estimate of drug-likeness (QED) is 0.330. The van der Waals surface area contributed by atoms with Gasteiger partial charge in [-0.3, -0.25) is 4.79 Å². The highest BCUT2D eigenvalue weighted by Gasteiger charge is 2.10. The number of allylic oxidation sites excluding steroid dienone is 5. The van der Waals surface area contributed by atoms with E-state index < -0.39 is 5.82 Å². The molecule has 0 spiro atoms. The molecule has 0 aliphatic heterocycles. The number of hydrogen-bond donors (Lipinski definition) is 1. The van der Waals surface area contributed by atoms with Gasteiger partial charge in [-0.15, -0.1) is 0 Å². The fourth-order valence-corrected chi connectivity index (χ4v) is 2.63. The molecule has 0 bridgehead atoms. The van der Waals surface area contributed by atoms with Crippen molar-refractivity contribution in [2.75, 3.05) is 14.1 Å². The Kier molecular flexibility index (Phi) is 18.3. The number of carbonyl (C=O) groups is 1. The largest absolute Gasteiger partial charge is 0.402 e. The fourth-order valence-electron chi connectivity index (χ4n) is 2.63. The second kappa shape index (κ2) is 18.7. The summed E-state index contributed by atoms with van der Waals surface area (Å²) in [4.78, 5) is 13.3. The Morgan fingerprint density at radius 2 is 1.79 bits per heavy atom. The predicted molar refractivity (Wildman–Crippen MR) is 140 cm³/mol. The summed E-state index contributed by atoms with van der Waals surface area (Å²) in [5.74, 6) is 0.188. The van der Waals surface area contributed by atoms with Crippen LogP contribution in [0.1, 0.15) is 85.3 Å². The van der Waals surface area contributed by atoms with Gasteiger partial charge in [0.1, 0.15) is 11.9 Å². The highest BCUT2D eigenvalue weighted by Crippen LogP contribution is 2.21. The second-order valence-electron chi connectivity index (χ2n) is 8.39. The number of nitrogens with two attached hydrogens (primary N) is 1. The normalized spacial score (nSPS) is 11.6. The van der Waals surface area contributed by atoms with Gasteiger partial charge in [-0.25, -0.2) is 4.39 Å². The van der Waals surface area contributed by atoms with Crippen LogP contribution in [-0.4, -0.2) is 24.8 Å². The maximum atomic E-state index is 13.7. The Labute approximate surface area is 201 Å². The lowest BCUT2D eigenvalue weighted by Crippen LogP contribution is -2.11. The highest BCUT2D eigenvalue weighted by atomic mass is 19.1. The number of nitriles is 1. The summed E-state index contributed by atoms with van der Waals surface area (Å²) < 4.78 is 13.7. The molecule has 0 aromatic heterocycles. The van der Waals surface area contributed by atoms with Crippen molar-refractivity contribution < 1.29 is 9.18 Å². The minimum absolute atomic E-state index is 0.00433. The van der Waals surface area contributed by atoms with E-state index in [1.807, 2.05) is 27.1 Å². The van der Waals surface area contributed by atoms with Gasteiger partial charge in [-0.05, 0) is 57.7 Å². The summed E-state index contributed by atoms with van der Waals surface area (Å²) >= 11 is 0. The zero-order valence-corrected chi connectivity index (χ0v) is 22.1. The number of nitrogens with zero attached hydrogens (tertiary/aromatic N) is 2. The molecule has 0 heterocycles. The van der Waals surface area contributed by atoms with Crippen LogP contribution >= 0.6 is 0 Å². The number of carbonyl (C=O) groups excluding carboxylic acids is 1. The van der Waals surface area contributed by atoms with Crippen LogP contribution in [0.2, 0.25) is 0 Å². The smallest absolute Gasteiger partial charge is 0.159 e. The van der Waals surface area contributed by atoms with Crippen LogP contribution in [-0.2, 0) is 4.79 Å². The van der Waals surface area contributed by atoms with Crippen LogP contribution in [0.15, 0.2) is 47.7 Å². The molecule has 0 amide bonds. The summed E-state index contributed by atoms with van der Waals surface area (Å²) in [5.41, 5.74) is 8.53. The van der Waals surface area contributed by atoms with Crippen molar-refractivity contribution in [3.8, 4) is 6.07 Å². The molecule has 184 valence electrons. The first kappa shape index (κ1) is 32.3. The average Bonchev–Trinajstić information content (AvgIpc) is 2.74. The van der Waals surface area contributed by atoms with Crippen LogP contribution in [0, 0.1) is 23.1 Å². The van der Waals surface area contributed by atoms with Crippen molar-refractivity contribution in [1.29, 1.82) is 5.26 Å². The van der Waals surface area contributed by atoms with E-state index in [0.717, 1.165) is 18.0 Å². The predicted octanol–water partition coefficient (Wildman–Crippen LogP) is 7.23. The van der Waals surface area contributed by atoms with E-state index in [4.69, 9.17) is 11.0 Å². The average molecular weight is 458 g/mol. The monoisotopic (exact) mass is 457 g/mol. The Hall–Kier alpha value is -2.87. The summed E-state index contributed by atoms with van der Waals surface area (Å²) in [6, 6.07) is 6.19. The molecule has 33 heavy (non-hydrogen) atoms. The molecule has 5 heteroatoms. The molecule has 4 nitrogen and oxygen atoms in total. The van der Waals surface area contributed by atoms with E-state index in [-0.39, 0.29) is 11.3 Å². The van der Waals surface area contributed by atoms with Crippen molar-refractivity contribution >= 4 is 11.5 Å². The lowest BCUT2D eigenvalue weighted by molar-refractivity contribution is -0.113. The van der Waals surface area contributed by atoms with Crippen molar-refractivity contribution in [2.24, 2.45) is 11.7 Å². The molecule has 1 aromatic carbocycles. The SMILES string of the molecule is C/C=C(/N)CCCC(C)C.C/C=C(\C=C(\c1ccc(C#N)c(F)c1)N(C)C)C(C)=O.CCC. The molecule has 0 unspecified atom stereocenters. The third kappa shape index (κ3) is 14.7. The Morgan fingerprint density at radius 3 is 2.15 bits per heavy atom. The number of ketones is 1. The molecule has 0 saturated heterocycles. The summed E-state index contributed by atoms with van der Waals surface area (Å²) in [5, 5.41) is 8.74. The minimum Gasteiger partial charge on any atom is -0.402 e. The maximum Gasteiger partial charge on any atom is 0.159 e. The third-order valence-electron chi connectivity index (χ3n) is 4.49. The molecular formula is C28H44FN3O. The van der Waals surface area contributed by atoms with E-state index in [9.17, 15) is 9.18 Å². The van der Waals surface area contributed by atoms with Gasteiger partial charge in [0.25, 0.3) is 0 Å². The molecule has 0 aliphatic rings. The molecular weight excluding hydrogens is 413 g/mol. The second-order valence-corrected chi connectivity index (χ2v) is 8.39. The molecule has 0 fully saturated rings. The lowest BCUT2D eigenvalue weighted by atomic mass is 10.0. The standard InChI is InChI=1S/C16H17FN2O.C9H19N.C3H8/c1-5-12(11(2)20)9-16(19(3)4)13-6-7-14(10-18)15(17)8-13;1-4-9(10)7-5-6-8(2)3;1-3-2/h5-9H,1-4H3;4,8H,5-7,10H2,1-3H3;3H2,1-2H3/b12-5+,16-9-;9-4+;. The lowest BCUT2D eigenvalue weighted by Gasteiger charge is -2.18. The molecule has 0 saturated carbocycles. The van der Waals surface area contributed by atoms with E-state index in [2.05, 4.69) is 27.7 Å². The maximum absolute atomic E-state index is 13.7. The van der Waals surface area contributed by atoms with Gasteiger partial charge < -0.3 is 10.6 Å². The molecule has 0 radical (unpaired) electrons. The van der Waals surface area contributed by atoms with Crippen molar-refractivity contribution in [2.45, 2.75) is 74.1 Å². The first-order valence-corrected chi connectivity index (χ1v) is 11.7. The fraction of sp³-hybridized carbons (Fsp3) is 0.500. The van der Waals surface area contributed by atoms with Gasteiger partial charge in [0.15, 0.2) is 5.78 Å². The first-order valence-electron chi connectivity index (χ1n) is 11.7. The van der Waals surface area contributed by atoms with Crippen LogP contribution in [0.3, 0.4) is 0 Å². The Bertz CT molecular complexity index is 843. The van der Waals surface area contributed by atoms with Crippen molar-refractivity contribution in [3.05, 3.63) is 64.6 Å². The Balaban J connectivity index is 0. The number of rotatable bonds is 8. The Morgan fingerprint density at radius 1 is 1.21 bits per heavy atom. The van der Waals surface area contributed by atoms with Gasteiger partial charge in [0.2, 0.25) is 0 Å². The summed E-state index contributed by atoms with van der Waals surface area (Å²) in [6.07, 6.45) is 10.2. The van der Waals surface area contributed by atoms with E-state index in [1.165, 1.54) is 38.3 Å². The third-order valence-corrected chi connectivity index (χ3v) is 4.49. The number of Topliss-reactive ketones (excluding diaryl/α,β-unsaturated/α-hetero) is 1. The van der Waals surface area contributed by atoms with Gasteiger partial charge in [-0.2, -0.15) is 5.26 Å². The molecule has 0 atom stereocenters. The van der Waals surface area contributed by atoms with Crippen LogP contribution < -0.4 is 5.73 Å². The van der Waals surface area contributed by atoms with Crippen molar-refractivity contribution in [3.63, 3.8) is 0 Å². The molecule has 1 rings (SSSR count). The molecule has 1 aromatic rings. The van der Waals surface area contributed by atoms with Gasteiger partial charge >= 0.3 is 0 Å². The number of hydrogen-bond acceptors (Lipinski definition) is 4. The molecule has 2 N–H and O–H groups in total. The van der Waals surface area contributed by atoms with Crippen molar-refractivity contribution in [1.82, 2.24) is 4.90 Å². The van der Waals surface area contributed by atoms with Gasteiger partial charge in [0, 0.05) is 36.6 Å². The number of benzene rings is 1. The van der Waals surface area contributed by atoms with Gasteiger partial charge in [0.05, 0.1) is 5.56 Å². The van der Waals surface area contributed by atoms with E-state index in [0.29, 0.717) is 16.8 Å². The topological polar surface area (TPSA) is 70.1 Å². The highest BCUT2D eigenvalue weighted by molar-refractivity contribution is 5.97. The summed E-state index contributed by atoms with van der Waals surface area (Å²) in [6.45, 7) is 14.0. The number of halogens is 1. The van der Waals surface area contributed by atoms with E-state index in [1.54, 1.807) is 36.1 Å². The zero-order valence-electron chi connectivity index (χ0n) is 22.1. The van der Waals surface area contributed by atoms with Gasteiger partial charge in [-0.1, -0.05) is 58.8 Å². The van der Waals surface area contributed by atoms with Crippen LogP contribution in [0.25, 0.3) is 5.70 Å².